The maximum Gasteiger partial charge on any atom is 0.236 e. The van der Waals surface area contributed by atoms with Gasteiger partial charge in [-0.3, -0.25) is 0 Å². The fraction of sp³-hybridized carbons (Fsp3) is 0.714. The molecule has 1 unspecified atom stereocenters. The standard InChI is InChI=1S/C7H11ClO4S2/c8-14(11,12)4-1-2-7-3-5-13(9,10)6-7/h1-2,7H,3-6H2/b2-1+. The second-order valence-corrected chi connectivity index (χ2v) is 8.35. The first-order valence-electron chi connectivity index (χ1n) is 4.08. The molecule has 1 fully saturated rings. The molecule has 0 aromatic carbocycles. The third-order valence-electron chi connectivity index (χ3n) is 1.97. The number of halogens is 1. The highest BCUT2D eigenvalue weighted by Gasteiger charge is 2.25. The lowest BCUT2D eigenvalue weighted by atomic mass is 10.1. The van der Waals surface area contributed by atoms with Gasteiger partial charge in [0.25, 0.3) is 0 Å². The van der Waals surface area contributed by atoms with Gasteiger partial charge < -0.3 is 0 Å². The highest BCUT2D eigenvalue weighted by atomic mass is 35.7. The van der Waals surface area contributed by atoms with Gasteiger partial charge >= 0.3 is 0 Å². The van der Waals surface area contributed by atoms with Crippen LogP contribution in [0, 0.1) is 5.92 Å². The molecule has 1 aliphatic heterocycles. The fourth-order valence-corrected chi connectivity index (χ4v) is 3.66. The molecule has 1 rings (SSSR count). The van der Waals surface area contributed by atoms with Crippen molar-refractivity contribution in [3.63, 3.8) is 0 Å². The first kappa shape index (κ1) is 12.0. The first-order valence-corrected chi connectivity index (χ1v) is 8.38. The quantitative estimate of drug-likeness (QED) is 0.548. The van der Waals surface area contributed by atoms with Crippen LogP contribution in [0.3, 0.4) is 0 Å². The van der Waals surface area contributed by atoms with Crippen LogP contribution in [0.15, 0.2) is 12.2 Å². The second-order valence-electron chi connectivity index (χ2n) is 3.30. The molecule has 82 valence electrons. The molecular formula is C7H11ClO4S2. The van der Waals surface area contributed by atoms with E-state index in [0.717, 1.165) is 0 Å². The Hall–Kier alpha value is -0.0700. The summed E-state index contributed by atoms with van der Waals surface area (Å²) >= 11 is 0. The molecule has 1 saturated heterocycles. The summed E-state index contributed by atoms with van der Waals surface area (Å²) < 4.78 is 43.1. The van der Waals surface area contributed by atoms with Crippen molar-refractivity contribution in [1.82, 2.24) is 0 Å². The number of hydrogen-bond donors (Lipinski definition) is 0. The summed E-state index contributed by atoms with van der Waals surface area (Å²) in [4.78, 5) is 0. The van der Waals surface area contributed by atoms with Gasteiger partial charge in [0.2, 0.25) is 9.05 Å². The van der Waals surface area contributed by atoms with E-state index in [-0.39, 0.29) is 23.2 Å². The lowest BCUT2D eigenvalue weighted by Gasteiger charge is -1.97. The van der Waals surface area contributed by atoms with Gasteiger partial charge in [-0.05, 0) is 12.3 Å². The van der Waals surface area contributed by atoms with Crippen LogP contribution in [0.25, 0.3) is 0 Å². The summed E-state index contributed by atoms with van der Waals surface area (Å²) in [5, 5.41) is 0. The zero-order chi connectivity index (χ0) is 10.8. The Morgan fingerprint density at radius 1 is 1.43 bits per heavy atom. The third kappa shape index (κ3) is 4.43. The summed E-state index contributed by atoms with van der Waals surface area (Å²) in [7, 11) is -1.43. The largest absolute Gasteiger partial charge is 0.236 e. The predicted molar refractivity (Wildman–Crippen MR) is 55.5 cm³/mol. The van der Waals surface area contributed by atoms with Gasteiger partial charge in [-0.1, -0.05) is 12.2 Å². The van der Waals surface area contributed by atoms with Gasteiger partial charge in [0.1, 0.15) is 0 Å². The first-order chi connectivity index (χ1) is 6.29. The average Bonchev–Trinajstić information content (AvgIpc) is 2.27. The van der Waals surface area contributed by atoms with Gasteiger partial charge in [0, 0.05) is 10.7 Å². The molecule has 0 radical (unpaired) electrons. The number of sulfone groups is 1. The van der Waals surface area contributed by atoms with E-state index in [4.69, 9.17) is 10.7 Å². The zero-order valence-corrected chi connectivity index (χ0v) is 9.78. The maximum atomic E-state index is 11.0. The molecule has 14 heavy (non-hydrogen) atoms. The minimum absolute atomic E-state index is 0.0570. The number of rotatable bonds is 3. The van der Waals surface area contributed by atoms with Gasteiger partial charge in [-0.25, -0.2) is 16.8 Å². The Morgan fingerprint density at radius 2 is 2.07 bits per heavy atom. The van der Waals surface area contributed by atoms with Crippen LogP contribution < -0.4 is 0 Å². The topological polar surface area (TPSA) is 68.3 Å². The number of hydrogen-bond acceptors (Lipinski definition) is 4. The molecule has 0 saturated carbocycles. The molecule has 1 atom stereocenters. The van der Waals surface area contributed by atoms with E-state index in [9.17, 15) is 16.8 Å². The molecule has 0 aliphatic carbocycles. The minimum atomic E-state index is -3.51. The molecule has 4 nitrogen and oxygen atoms in total. The van der Waals surface area contributed by atoms with Gasteiger partial charge in [-0.15, -0.1) is 0 Å². The molecule has 0 aromatic rings. The van der Waals surface area contributed by atoms with Crippen LogP contribution in [0.5, 0.6) is 0 Å². The van der Waals surface area contributed by atoms with Crippen molar-refractivity contribution in [2.75, 3.05) is 17.3 Å². The molecule has 0 N–H and O–H groups in total. The van der Waals surface area contributed by atoms with Crippen molar-refractivity contribution in [1.29, 1.82) is 0 Å². The monoisotopic (exact) mass is 258 g/mol. The van der Waals surface area contributed by atoms with Crippen molar-refractivity contribution in [3.05, 3.63) is 12.2 Å². The lowest BCUT2D eigenvalue weighted by Crippen LogP contribution is -2.03. The Bertz CT molecular complexity index is 421. The normalized spacial score (nSPS) is 27.1. The highest BCUT2D eigenvalue weighted by molar-refractivity contribution is 8.13. The van der Waals surface area contributed by atoms with Crippen molar-refractivity contribution in [2.24, 2.45) is 5.92 Å². The van der Waals surface area contributed by atoms with Crippen molar-refractivity contribution >= 4 is 29.6 Å². The van der Waals surface area contributed by atoms with E-state index in [0.29, 0.717) is 6.42 Å². The molecule has 0 aromatic heterocycles. The molecule has 1 heterocycles. The van der Waals surface area contributed by atoms with E-state index in [1.807, 2.05) is 0 Å². The minimum Gasteiger partial charge on any atom is -0.229 e. The van der Waals surface area contributed by atoms with Gasteiger partial charge in [0.15, 0.2) is 9.84 Å². The Balaban J connectivity index is 2.48. The van der Waals surface area contributed by atoms with E-state index in [1.54, 1.807) is 6.08 Å². The van der Waals surface area contributed by atoms with Crippen molar-refractivity contribution < 1.29 is 16.8 Å². The van der Waals surface area contributed by atoms with E-state index < -0.39 is 18.9 Å². The molecule has 0 bridgehead atoms. The lowest BCUT2D eigenvalue weighted by molar-refractivity contribution is 0.601. The van der Waals surface area contributed by atoms with Gasteiger partial charge in [-0.2, -0.15) is 0 Å². The average molecular weight is 259 g/mol. The highest BCUT2D eigenvalue weighted by Crippen LogP contribution is 2.19. The Morgan fingerprint density at radius 3 is 2.50 bits per heavy atom. The maximum absolute atomic E-state index is 11.0. The van der Waals surface area contributed by atoms with E-state index in [1.165, 1.54) is 6.08 Å². The summed E-state index contributed by atoms with van der Waals surface area (Å²) in [6.45, 7) is 0. The number of allylic oxidation sites excluding steroid dienone is 1. The Labute approximate surface area is 88.3 Å². The summed E-state index contributed by atoms with van der Waals surface area (Å²) in [5.41, 5.74) is 0. The van der Waals surface area contributed by atoms with Crippen LogP contribution in [0.2, 0.25) is 0 Å². The SMILES string of the molecule is O=S(=O)(Cl)C/C=C/C1CCS(=O)(=O)C1. The van der Waals surface area contributed by atoms with Crippen molar-refractivity contribution in [2.45, 2.75) is 6.42 Å². The van der Waals surface area contributed by atoms with Crippen molar-refractivity contribution in [3.8, 4) is 0 Å². The molecular weight excluding hydrogens is 248 g/mol. The van der Waals surface area contributed by atoms with Crippen LogP contribution in [0.4, 0.5) is 0 Å². The van der Waals surface area contributed by atoms with Crippen LogP contribution in [-0.4, -0.2) is 34.1 Å². The molecule has 7 heteroatoms. The Kier molecular flexibility index (Phi) is 3.60. The summed E-state index contributed by atoms with van der Waals surface area (Å²) in [6.07, 6.45) is 3.60. The van der Waals surface area contributed by atoms with Crippen LogP contribution in [-0.2, 0) is 18.9 Å². The van der Waals surface area contributed by atoms with E-state index in [2.05, 4.69) is 0 Å². The van der Waals surface area contributed by atoms with E-state index >= 15 is 0 Å². The molecule has 0 amide bonds. The van der Waals surface area contributed by atoms with Gasteiger partial charge in [0.05, 0.1) is 17.3 Å². The zero-order valence-electron chi connectivity index (χ0n) is 7.39. The van der Waals surface area contributed by atoms with Crippen LogP contribution >= 0.6 is 10.7 Å². The molecule has 1 aliphatic rings. The third-order valence-corrected chi connectivity index (χ3v) is 4.73. The summed E-state index contributed by atoms with van der Waals surface area (Å²) in [5.74, 6) is 0.00505. The summed E-state index contributed by atoms with van der Waals surface area (Å²) in [6, 6.07) is 0. The smallest absolute Gasteiger partial charge is 0.229 e. The predicted octanol–water partition coefficient (Wildman–Crippen LogP) is 0.546. The second kappa shape index (κ2) is 4.20. The fourth-order valence-electron chi connectivity index (χ4n) is 1.34. The molecule has 0 spiro atoms. The van der Waals surface area contributed by atoms with Crippen LogP contribution in [0.1, 0.15) is 6.42 Å².